The third kappa shape index (κ3) is 2.51. The van der Waals surface area contributed by atoms with E-state index < -0.39 is 38.2 Å². The van der Waals surface area contributed by atoms with Crippen LogP contribution in [-0.2, 0) is 28.9 Å². The summed E-state index contributed by atoms with van der Waals surface area (Å²) in [4.78, 5) is 34.1. The van der Waals surface area contributed by atoms with Crippen molar-refractivity contribution in [2.24, 2.45) is 14.1 Å². The quantitative estimate of drug-likeness (QED) is 0.694. The second kappa shape index (κ2) is 5.31. The van der Waals surface area contributed by atoms with Gasteiger partial charge in [-0.1, -0.05) is 0 Å². The molecule has 0 spiro atoms. The highest BCUT2D eigenvalue weighted by Crippen LogP contribution is 2.26. The molecule has 1 aliphatic rings. The maximum absolute atomic E-state index is 12.5. The van der Waals surface area contributed by atoms with Crippen LogP contribution < -0.4 is 11.2 Å². The topological polar surface area (TPSA) is 119 Å². The minimum absolute atomic E-state index is 0.0503. The Labute approximate surface area is 123 Å². The molecule has 0 aromatic carbocycles. The number of aryl methyl sites for hydroxylation is 1. The van der Waals surface area contributed by atoms with E-state index in [0.29, 0.717) is 4.57 Å². The predicted molar refractivity (Wildman–Crippen MR) is 74.7 cm³/mol. The molecule has 0 aliphatic carbocycles. The van der Waals surface area contributed by atoms with Crippen LogP contribution in [0.25, 0.3) is 0 Å². The minimum atomic E-state index is -4.29. The van der Waals surface area contributed by atoms with Gasteiger partial charge in [-0.2, -0.15) is 4.31 Å². The lowest BCUT2D eigenvalue weighted by Crippen LogP contribution is -2.46. The summed E-state index contributed by atoms with van der Waals surface area (Å²) in [6, 6.07) is -1.22. The van der Waals surface area contributed by atoms with Crippen molar-refractivity contribution in [1.29, 1.82) is 0 Å². The normalized spacial score (nSPS) is 19.8. The molecule has 0 amide bonds. The first-order chi connectivity index (χ1) is 9.67. The Morgan fingerprint density at radius 1 is 1.38 bits per heavy atom. The fourth-order valence-electron chi connectivity index (χ4n) is 1.94. The molecule has 1 N–H and O–H groups in total. The summed E-state index contributed by atoms with van der Waals surface area (Å²) >= 11 is 1.15. The molecule has 1 unspecified atom stereocenters. The average molecular weight is 335 g/mol. The molecule has 1 saturated heterocycles. The molecule has 1 aliphatic heterocycles. The van der Waals surface area contributed by atoms with E-state index in [1.807, 2.05) is 0 Å². The average Bonchev–Trinajstić information content (AvgIpc) is 2.90. The first-order valence-electron chi connectivity index (χ1n) is 5.77. The molecule has 0 saturated carbocycles. The fraction of sp³-hybridized carbons (Fsp3) is 0.500. The summed E-state index contributed by atoms with van der Waals surface area (Å²) in [6.45, 7) is 0. The van der Waals surface area contributed by atoms with E-state index in [0.717, 1.165) is 33.9 Å². The van der Waals surface area contributed by atoms with E-state index in [1.54, 1.807) is 0 Å². The van der Waals surface area contributed by atoms with E-state index in [1.165, 1.54) is 7.05 Å². The van der Waals surface area contributed by atoms with Gasteiger partial charge in [0, 0.05) is 26.0 Å². The number of sulfonamides is 1. The number of aromatic nitrogens is 2. The molecule has 9 nitrogen and oxygen atoms in total. The van der Waals surface area contributed by atoms with Gasteiger partial charge in [0.1, 0.15) is 6.04 Å². The molecular weight excluding hydrogens is 322 g/mol. The van der Waals surface area contributed by atoms with Gasteiger partial charge < -0.3 is 9.67 Å². The number of aliphatic carboxylic acids is 1. The lowest BCUT2D eigenvalue weighted by atomic mass is 10.4. The number of hydrogen-bond acceptors (Lipinski definition) is 6. The van der Waals surface area contributed by atoms with Crippen molar-refractivity contribution in [2.75, 3.05) is 11.6 Å². The number of carboxylic acid groups (broad SMARTS) is 1. The number of carbonyl (C=O) groups is 1. The molecule has 1 aromatic heterocycles. The van der Waals surface area contributed by atoms with E-state index in [4.69, 9.17) is 5.11 Å². The maximum atomic E-state index is 12.5. The predicted octanol–water partition coefficient (Wildman–Crippen LogP) is -1.77. The summed E-state index contributed by atoms with van der Waals surface area (Å²) in [5, 5.41) is 9.06. The third-order valence-corrected chi connectivity index (χ3v) is 6.14. The Bertz CT molecular complexity index is 809. The van der Waals surface area contributed by atoms with Gasteiger partial charge in [0.15, 0.2) is 4.90 Å². The van der Waals surface area contributed by atoms with Crippen molar-refractivity contribution in [3.05, 3.63) is 27.0 Å². The van der Waals surface area contributed by atoms with Gasteiger partial charge in [-0.3, -0.25) is 14.2 Å². The minimum Gasteiger partial charge on any atom is -0.480 e. The SMILES string of the molecule is Cn1cc(S(=O)(=O)N2CSCC2C(=O)O)c(=O)n(C)c1=O. The Morgan fingerprint density at radius 2 is 2.00 bits per heavy atom. The maximum Gasteiger partial charge on any atom is 0.330 e. The van der Waals surface area contributed by atoms with Crippen LogP contribution in [0.1, 0.15) is 0 Å². The van der Waals surface area contributed by atoms with Crippen LogP contribution in [0, 0.1) is 0 Å². The van der Waals surface area contributed by atoms with E-state index in [9.17, 15) is 22.8 Å². The smallest absolute Gasteiger partial charge is 0.330 e. The summed E-state index contributed by atoms with van der Waals surface area (Å²) in [6.07, 6.45) is 0.919. The molecule has 21 heavy (non-hydrogen) atoms. The van der Waals surface area contributed by atoms with Crippen LogP contribution in [0.15, 0.2) is 20.7 Å². The second-order valence-electron chi connectivity index (χ2n) is 4.50. The first kappa shape index (κ1) is 15.8. The standard InChI is InChI=1S/C10H13N3O6S2/c1-11-3-7(8(14)12(2)10(11)17)21(18,19)13-5-20-4-6(13)9(15)16/h3,6H,4-5H2,1-2H3,(H,15,16). The van der Waals surface area contributed by atoms with Crippen LogP contribution in [0.3, 0.4) is 0 Å². The van der Waals surface area contributed by atoms with Gasteiger partial charge in [-0.15, -0.1) is 11.8 Å². The van der Waals surface area contributed by atoms with Crippen molar-refractivity contribution >= 4 is 27.8 Å². The molecule has 1 fully saturated rings. The molecule has 1 aromatic rings. The van der Waals surface area contributed by atoms with Crippen molar-refractivity contribution in [1.82, 2.24) is 13.4 Å². The summed E-state index contributed by atoms with van der Waals surface area (Å²) in [7, 11) is -1.81. The summed E-state index contributed by atoms with van der Waals surface area (Å²) in [5.74, 6) is -1.21. The second-order valence-corrected chi connectivity index (χ2v) is 7.36. The van der Waals surface area contributed by atoms with Crippen LogP contribution in [0.5, 0.6) is 0 Å². The van der Waals surface area contributed by atoms with Crippen molar-refractivity contribution < 1.29 is 18.3 Å². The van der Waals surface area contributed by atoms with Crippen LogP contribution in [0.4, 0.5) is 0 Å². The molecule has 2 heterocycles. The zero-order valence-corrected chi connectivity index (χ0v) is 12.8. The van der Waals surface area contributed by atoms with Gasteiger partial charge >= 0.3 is 11.7 Å². The monoisotopic (exact) mass is 335 g/mol. The van der Waals surface area contributed by atoms with E-state index in [-0.39, 0.29) is 11.6 Å². The van der Waals surface area contributed by atoms with Crippen LogP contribution in [0.2, 0.25) is 0 Å². The molecule has 2 rings (SSSR count). The highest BCUT2D eigenvalue weighted by atomic mass is 32.2. The van der Waals surface area contributed by atoms with Gasteiger partial charge in [0.25, 0.3) is 15.6 Å². The van der Waals surface area contributed by atoms with Crippen molar-refractivity contribution in [2.45, 2.75) is 10.9 Å². The van der Waals surface area contributed by atoms with Gasteiger partial charge in [0.2, 0.25) is 0 Å². The van der Waals surface area contributed by atoms with Gasteiger partial charge in [0.05, 0.1) is 5.88 Å². The summed E-state index contributed by atoms with van der Waals surface area (Å²) < 4.78 is 27.4. The zero-order chi connectivity index (χ0) is 15.9. The van der Waals surface area contributed by atoms with Crippen LogP contribution in [-0.4, -0.2) is 50.6 Å². The zero-order valence-electron chi connectivity index (χ0n) is 11.2. The van der Waals surface area contributed by atoms with Gasteiger partial charge in [-0.05, 0) is 0 Å². The largest absolute Gasteiger partial charge is 0.480 e. The molecule has 1 atom stereocenters. The molecule has 11 heteroatoms. The van der Waals surface area contributed by atoms with Crippen LogP contribution >= 0.6 is 11.8 Å². The lowest BCUT2D eigenvalue weighted by Gasteiger charge is -2.20. The highest BCUT2D eigenvalue weighted by Gasteiger charge is 2.41. The number of nitrogens with zero attached hydrogens (tertiary/aromatic N) is 3. The molecule has 0 bridgehead atoms. The molecule has 0 radical (unpaired) electrons. The highest BCUT2D eigenvalue weighted by molar-refractivity contribution is 8.00. The van der Waals surface area contributed by atoms with Crippen molar-refractivity contribution in [3.63, 3.8) is 0 Å². The molecule has 116 valence electrons. The number of rotatable bonds is 3. The first-order valence-corrected chi connectivity index (χ1v) is 8.36. The van der Waals surface area contributed by atoms with E-state index in [2.05, 4.69) is 0 Å². The Hall–Kier alpha value is -1.59. The number of carboxylic acids is 1. The fourth-order valence-corrected chi connectivity index (χ4v) is 5.22. The Morgan fingerprint density at radius 3 is 2.57 bits per heavy atom. The van der Waals surface area contributed by atoms with Crippen molar-refractivity contribution in [3.8, 4) is 0 Å². The number of thioether (sulfide) groups is 1. The Kier molecular flexibility index (Phi) is 4.00. The third-order valence-electron chi connectivity index (χ3n) is 3.13. The molecular formula is C10H13N3O6S2. The summed E-state index contributed by atoms with van der Waals surface area (Å²) in [5.41, 5.74) is -1.64. The lowest BCUT2D eigenvalue weighted by molar-refractivity contribution is -0.140. The van der Waals surface area contributed by atoms with E-state index >= 15 is 0 Å². The van der Waals surface area contributed by atoms with Gasteiger partial charge in [-0.25, -0.2) is 13.2 Å². The number of hydrogen-bond donors (Lipinski definition) is 1. The Balaban J connectivity index is 2.63.